The highest BCUT2D eigenvalue weighted by Gasteiger charge is 2.20. The highest BCUT2D eigenvalue weighted by atomic mass is 35.5. The fourth-order valence-electron chi connectivity index (χ4n) is 0.834. The molecule has 0 atom stereocenters. The molecule has 0 aromatic carbocycles. The van der Waals surface area contributed by atoms with E-state index < -0.39 is 10.0 Å². The van der Waals surface area contributed by atoms with Gasteiger partial charge in [-0.2, -0.15) is 0 Å². The second-order valence-corrected chi connectivity index (χ2v) is 6.02. The minimum absolute atomic E-state index is 0.157. The minimum atomic E-state index is -3.48. The molecule has 0 aliphatic heterocycles. The monoisotopic (exact) mass is 252 g/mol. The molecule has 1 N–H and O–H groups in total. The summed E-state index contributed by atoms with van der Waals surface area (Å²) in [6.45, 7) is 5.21. The van der Waals surface area contributed by atoms with E-state index in [1.807, 2.05) is 0 Å². The lowest BCUT2D eigenvalue weighted by Gasteiger charge is -2.01. The molecule has 0 saturated carbocycles. The highest BCUT2D eigenvalue weighted by molar-refractivity contribution is 7.91. The van der Waals surface area contributed by atoms with Gasteiger partial charge < -0.3 is 0 Å². The molecule has 1 heterocycles. The molecule has 7 heteroatoms. The van der Waals surface area contributed by atoms with Gasteiger partial charge in [0.05, 0.1) is 5.69 Å². The number of nitrogens with one attached hydrogen (secondary N) is 1. The summed E-state index contributed by atoms with van der Waals surface area (Å²) in [4.78, 5) is 3.82. The third-order valence-electron chi connectivity index (χ3n) is 1.39. The smallest absolute Gasteiger partial charge is 0.229 e. The van der Waals surface area contributed by atoms with Gasteiger partial charge >= 0.3 is 0 Å². The average Bonchev–Trinajstić information content (AvgIpc) is 2.42. The van der Waals surface area contributed by atoms with Crippen LogP contribution in [-0.2, 0) is 10.0 Å². The van der Waals surface area contributed by atoms with Gasteiger partial charge in [-0.15, -0.1) is 6.58 Å². The van der Waals surface area contributed by atoms with E-state index in [0.717, 1.165) is 11.3 Å². The van der Waals surface area contributed by atoms with E-state index in [4.69, 9.17) is 11.6 Å². The lowest BCUT2D eigenvalue weighted by molar-refractivity contribution is 0.587. The van der Waals surface area contributed by atoms with Crippen LogP contribution in [0.15, 0.2) is 16.9 Å². The first-order valence-corrected chi connectivity index (χ1v) is 6.38. The molecule has 4 nitrogen and oxygen atoms in total. The van der Waals surface area contributed by atoms with Gasteiger partial charge in [-0.3, -0.25) is 0 Å². The van der Waals surface area contributed by atoms with E-state index in [1.165, 1.54) is 6.08 Å². The van der Waals surface area contributed by atoms with E-state index in [2.05, 4.69) is 16.3 Å². The SMILES string of the molecule is C=CCNS(=O)(=O)c1sc(Cl)nc1C. The predicted molar refractivity (Wildman–Crippen MR) is 57.2 cm³/mol. The first kappa shape index (κ1) is 11.6. The molecule has 14 heavy (non-hydrogen) atoms. The van der Waals surface area contributed by atoms with Gasteiger partial charge in [-0.05, 0) is 6.92 Å². The Morgan fingerprint density at radius 3 is 2.79 bits per heavy atom. The largest absolute Gasteiger partial charge is 0.252 e. The highest BCUT2D eigenvalue weighted by Crippen LogP contribution is 2.26. The first-order chi connectivity index (χ1) is 6.47. The van der Waals surface area contributed by atoms with Crippen molar-refractivity contribution in [3.8, 4) is 0 Å². The lowest BCUT2D eigenvalue weighted by Crippen LogP contribution is -2.23. The van der Waals surface area contributed by atoms with Crippen molar-refractivity contribution in [1.82, 2.24) is 9.71 Å². The van der Waals surface area contributed by atoms with Crippen molar-refractivity contribution in [3.63, 3.8) is 0 Å². The van der Waals surface area contributed by atoms with Crippen molar-refractivity contribution in [1.29, 1.82) is 0 Å². The van der Waals surface area contributed by atoms with Gasteiger partial charge in [0.1, 0.15) is 0 Å². The number of halogens is 1. The molecule has 0 unspecified atom stereocenters. The average molecular weight is 253 g/mol. The topological polar surface area (TPSA) is 59.1 Å². The van der Waals surface area contributed by atoms with Crippen molar-refractivity contribution in [2.75, 3.05) is 6.54 Å². The predicted octanol–water partition coefficient (Wildman–Crippen LogP) is 1.57. The van der Waals surface area contributed by atoms with Crippen molar-refractivity contribution in [3.05, 3.63) is 22.8 Å². The van der Waals surface area contributed by atoms with Gasteiger partial charge in [-0.1, -0.05) is 29.0 Å². The van der Waals surface area contributed by atoms with E-state index in [1.54, 1.807) is 6.92 Å². The van der Waals surface area contributed by atoms with E-state index in [0.29, 0.717) is 5.69 Å². The molecular formula is C7H9ClN2O2S2. The summed E-state index contributed by atoms with van der Waals surface area (Å²) in [6, 6.07) is 0. The van der Waals surface area contributed by atoms with Gasteiger partial charge in [0.15, 0.2) is 8.68 Å². The van der Waals surface area contributed by atoms with Crippen LogP contribution in [0.3, 0.4) is 0 Å². The van der Waals surface area contributed by atoms with Crippen molar-refractivity contribution in [2.45, 2.75) is 11.1 Å². The molecule has 0 radical (unpaired) electrons. The molecule has 0 bridgehead atoms. The van der Waals surface area contributed by atoms with Crippen LogP contribution < -0.4 is 4.72 Å². The maximum atomic E-state index is 11.6. The fraction of sp³-hybridized carbons (Fsp3) is 0.286. The Kier molecular flexibility index (Phi) is 3.65. The maximum Gasteiger partial charge on any atom is 0.252 e. The number of aromatic nitrogens is 1. The molecule has 0 aliphatic carbocycles. The molecular weight excluding hydrogens is 244 g/mol. The van der Waals surface area contributed by atoms with E-state index in [9.17, 15) is 8.42 Å². The molecule has 0 aliphatic rings. The van der Waals surface area contributed by atoms with Crippen LogP contribution in [0.1, 0.15) is 5.69 Å². The standard InChI is InChI=1S/C7H9ClN2O2S2/c1-3-4-9-14(11,12)6-5(2)10-7(8)13-6/h3,9H,1,4H2,2H3. The molecule has 1 rings (SSSR count). The lowest BCUT2D eigenvalue weighted by atomic mass is 10.6. The van der Waals surface area contributed by atoms with Crippen LogP contribution in [-0.4, -0.2) is 19.9 Å². The van der Waals surface area contributed by atoms with Gasteiger partial charge in [0, 0.05) is 6.54 Å². The van der Waals surface area contributed by atoms with E-state index >= 15 is 0 Å². The van der Waals surface area contributed by atoms with Crippen molar-refractivity contribution < 1.29 is 8.42 Å². The summed E-state index contributed by atoms with van der Waals surface area (Å²) in [7, 11) is -3.48. The van der Waals surface area contributed by atoms with Crippen LogP contribution in [0, 0.1) is 6.92 Å². The zero-order valence-electron chi connectivity index (χ0n) is 7.45. The third-order valence-corrected chi connectivity index (χ3v) is 4.68. The Bertz CT molecular complexity index is 439. The molecule has 1 aromatic rings. The van der Waals surface area contributed by atoms with Crippen LogP contribution in [0.4, 0.5) is 0 Å². The number of aryl methyl sites for hydroxylation is 1. The fourth-order valence-corrected chi connectivity index (χ4v) is 3.61. The maximum absolute atomic E-state index is 11.6. The van der Waals surface area contributed by atoms with Crippen molar-refractivity contribution >= 4 is 33.0 Å². The quantitative estimate of drug-likeness (QED) is 0.828. The molecule has 0 fully saturated rings. The van der Waals surface area contributed by atoms with Gasteiger partial charge in [0.2, 0.25) is 0 Å². The third kappa shape index (κ3) is 2.54. The second kappa shape index (κ2) is 4.39. The number of hydrogen-bond donors (Lipinski definition) is 1. The van der Waals surface area contributed by atoms with Crippen LogP contribution in [0.2, 0.25) is 4.47 Å². The molecule has 78 valence electrons. The zero-order chi connectivity index (χ0) is 10.8. The van der Waals surface area contributed by atoms with Crippen LogP contribution >= 0.6 is 22.9 Å². The normalized spacial score (nSPS) is 11.6. The van der Waals surface area contributed by atoms with Gasteiger partial charge in [0.25, 0.3) is 10.0 Å². The summed E-state index contributed by atoms with van der Waals surface area (Å²) in [5.74, 6) is 0. The first-order valence-electron chi connectivity index (χ1n) is 3.71. The summed E-state index contributed by atoms with van der Waals surface area (Å²) >= 11 is 6.54. The number of nitrogens with zero attached hydrogens (tertiary/aromatic N) is 1. The minimum Gasteiger partial charge on any atom is -0.229 e. The Morgan fingerprint density at radius 2 is 2.36 bits per heavy atom. The summed E-state index contributed by atoms with van der Waals surface area (Å²) < 4.78 is 25.9. The number of thiazole rings is 1. The van der Waals surface area contributed by atoms with E-state index in [-0.39, 0.29) is 15.2 Å². The molecule has 0 spiro atoms. The number of sulfonamides is 1. The molecule has 0 amide bonds. The zero-order valence-corrected chi connectivity index (χ0v) is 9.84. The Morgan fingerprint density at radius 1 is 1.71 bits per heavy atom. The molecule has 0 saturated heterocycles. The summed E-state index contributed by atoms with van der Waals surface area (Å²) in [6.07, 6.45) is 1.47. The Hall–Kier alpha value is -0.430. The van der Waals surface area contributed by atoms with Gasteiger partial charge in [-0.25, -0.2) is 18.1 Å². The number of rotatable bonds is 4. The van der Waals surface area contributed by atoms with Crippen LogP contribution in [0.5, 0.6) is 0 Å². The summed E-state index contributed by atoms with van der Waals surface area (Å²) in [5, 5.41) is 0. The Labute approximate surface area is 91.7 Å². The van der Waals surface area contributed by atoms with Crippen LogP contribution in [0.25, 0.3) is 0 Å². The number of hydrogen-bond acceptors (Lipinski definition) is 4. The Balaban J connectivity index is 3.03. The summed E-state index contributed by atoms with van der Waals surface area (Å²) in [5.41, 5.74) is 0.413. The van der Waals surface area contributed by atoms with Crippen molar-refractivity contribution in [2.24, 2.45) is 0 Å². The molecule has 1 aromatic heterocycles. The second-order valence-electron chi connectivity index (χ2n) is 2.48.